The Hall–Kier alpha value is -2.05. The van der Waals surface area contributed by atoms with Gasteiger partial charge in [0.05, 0.1) is 5.56 Å². The van der Waals surface area contributed by atoms with Gasteiger partial charge in [0.2, 0.25) is 0 Å². The van der Waals surface area contributed by atoms with Gasteiger partial charge in [0.25, 0.3) is 0 Å². The third kappa shape index (κ3) is 4.03. The highest BCUT2D eigenvalue weighted by Gasteiger charge is 2.26. The molecule has 2 aromatic rings. The maximum absolute atomic E-state index is 11.6. The molecule has 0 aliphatic heterocycles. The van der Waals surface area contributed by atoms with Crippen LogP contribution in [0.5, 0.6) is 5.75 Å². The molecule has 0 spiro atoms. The van der Waals surface area contributed by atoms with Crippen molar-refractivity contribution in [2.24, 2.45) is 5.92 Å². The van der Waals surface area contributed by atoms with E-state index in [1.807, 2.05) is 13.8 Å². The summed E-state index contributed by atoms with van der Waals surface area (Å²) in [5.41, 5.74) is 1.01. The number of carbonyl (C=O) groups is 1. The number of carboxylic acid groups (broad SMARTS) is 1. The van der Waals surface area contributed by atoms with Crippen molar-refractivity contribution in [3.05, 3.63) is 39.7 Å². The average Bonchev–Trinajstić information content (AvgIpc) is 2.40. The molecule has 0 bridgehead atoms. The monoisotopic (exact) mass is 341 g/mol. The van der Waals surface area contributed by atoms with Crippen molar-refractivity contribution in [3.8, 4) is 5.75 Å². The topological polar surface area (TPSA) is 104 Å². The van der Waals surface area contributed by atoms with Crippen LogP contribution in [0.15, 0.2) is 27.4 Å². The summed E-state index contributed by atoms with van der Waals surface area (Å²) in [5, 5.41) is 21.6. The first-order valence-corrected chi connectivity index (χ1v) is 7.12. The summed E-state index contributed by atoms with van der Waals surface area (Å²) in [6.45, 7) is 5.65. The zero-order valence-corrected chi connectivity index (χ0v) is 13.9. The van der Waals surface area contributed by atoms with Gasteiger partial charge in [0.15, 0.2) is 11.6 Å². The SMILES string of the molecule is Cc1cc(=O)oc2c(C[NH2+][C@@H](C(=O)O)C(C)C)c(O)ccc12.[Cl-]. The van der Waals surface area contributed by atoms with E-state index in [0.29, 0.717) is 11.1 Å². The molecular weight excluding hydrogens is 322 g/mol. The quantitative estimate of drug-likeness (QED) is 0.545. The number of halogens is 1. The summed E-state index contributed by atoms with van der Waals surface area (Å²) in [6, 6.07) is 3.97. The lowest BCUT2D eigenvalue weighted by Crippen LogP contribution is -3.00. The van der Waals surface area contributed by atoms with Crippen molar-refractivity contribution < 1.29 is 37.1 Å². The molecule has 2 rings (SSSR count). The van der Waals surface area contributed by atoms with E-state index in [4.69, 9.17) is 4.42 Å². The number of hydrogen-bond donors (Lipinski definition) is 3. The lowest BCUT2D eigenvalue weighted by atomic mass is 10.0. The zero-order chi connectivity index (χ0) is 16.4. The fourth-order valence-electron chi connectivity index (χ4n) is 2.53. The van der Waals surface area contributed by atoms with Crippen molar-refractivity contribution in [1.82, 2.24) is 0 Å². The van der Waals surface area contributed by atoms with Gasteiger partial charge < -0.3 is 32.4 Å². The largest absolute Gasteiger partial charge is 1.00 e. The van der Waals surface area contributed by atoms with Gasteiger partial charge >= 0.3 is 11.6 Å². The van der Waals surface area contributed by atoms with Crippen molar-refractivity contribution in [1.29, 1.82) is 0 Å². The first-order chi connectivity index (χ1) is 10.3. The molecule has 1 aromatic carbocycles. The summed E-state index contributed by atoms with van der Waals surface area (Å²) in [7, 11) is 0. The van der Waals surface area contributed by atoms with Gasteiger partial charge in [-0.3, -0.25) is 0 Å². The fourth-order valence-corrected chi connectivity index (χ4v) is 2.53. The normalized spacial score (nSPS) is 12.2. The van der Waals surface area contributed by atoms with Crippen LogP contribution in [0, 0.1) is 12.8 Å². The Morgan fingerprint density at radius 1 is 1.35 bits per heavy atom. The molecule has 126 valence electrons. The van der Waals surface area contributed by atoms with Gasteiger partial charge in [-0.1, -0.05) is 13.8 Å². The fraction of sp³-hybridized carbons (Fsp3) is 0.375. The molecule has 1 heterocycles. The van der Waals surface area contributed by atoms with E-state index >= 15 is 0 Å². The third-order valence-electron chi connectivity index (χ3n) is 3.78. The lowest BCUT2D eigenvalue weighted by Gasteiger charge is -2.15. The summed E-state index contributed by atoms with van der Waals surface area (Å²) >= 11 is 0. The Bertz CT molecular complexity index is 769. The summed E-state index contributed by atoms with van der Waals surface area (Å²) in [6.07, 6.45) is 0. The van der Waals surface area contributed by atoms with Crippen molar-refractivity contribution >= 4 is 16.9 Å². The minimum absolute atomic E-state index is 0. The summed E-state index contributed by atoms with van der Waals surface area (Å²) in [5.74, 6) is -0.985. The minimum atomic E-state index is -0.910. The van der Waals surface area contributed by atoms with Crippen molar-refractivity contribution in [2.45, 2.75) is 33.4 Å². The predicted octanol–water partition coefficient (Wildman–Crippen LogP) is -2.02. The smallest absolute Gasteiger partial charge is 0.362 e. The van der Waals surface area contributed by atoms with Crippen molar-refractivity contribution in [2.75, 3.05) is 0 Å². The van der Waals surface area contributed by atoms with Gasteiger partial charge in [-0.05, 0) is 24.6 Å². The number of quaternary nitrogens is 1. The molecule has 1 aromatic heterocycles. The van der Waals surface area contributed by atoms with Crippen LogP contribution < -0.4 is 23.3 Å². The van der Waals surface area contributed by atoms with Gasteiger partial charge in [0, 0.05) is 17.4 Å². The number of fused-ring (bicyclic) bond motifs is 1. The second-order valence-corrected chi connectivity index (χ2v) is 5.74. The minimum Gasteiger partial charge on any atom is -1.00 e. The number of aryl methyl sites for hydroxylation is 1. The first kappa shape index (κ1) is 19.0. The number of hydrogen-bond acceptors (Lipinski definition) is 4. The second-order valence-electron chi connectivity index (χ2n) is 5.74. The van der Waals surface area contributed by atoms with Gasteiger partial charge in [-0.25, -0.2) is 9.59 Å². The van der Waals surface area contributed by atoms with E-state index in [2.05, 4.69) is 0 Å². The van der Waals surface area contributed by atoms with Crippen LogP contribution in [0.2, 0.25) is 0 Å². The molecule has 0 amide bonds. The maximum atomic E-state index is 11.6. The van der Waals surface area contributed by atoms with Crippen LogP contribution in [0.3, 0.4) is 0 Å². The molecule has 0 fully saturated rings. The number of carboxylic acids is 1. The lowest BCUT2D eigenvalue weighted by molar-refractivity contribution is -0.698. The predicted molar refractivity (Wildman–Crippen MR) is 80.8 cm³/mol. The molecule has 0 saturated carbocycles. The summed E-state index contributed by atoms with van der Waals surface area (Å²) < 4.78 is 5.22. The first-order valence-electron chi connectivity index (χ1n) is 7.12. The number of benzene rings is 1. The van der Waals surface area contributed by atoms with E-state index in [0.717, 1.165) is 10.9 Å². The van der Waals surface area contributed by atoms with Crippen molar-refractivity contribution in [3.63, 3.8) is 0 Å². The van der Waals surface area contributed by atoms with Crippen LogP contribution in [0.4, 0.5) is 0 Å². The van der Waals surface area contributed by atoms with Crippen LogP contribution in [-0.2, 0) is 11.3 Å². The summed E-state index contributed by atoms with van der Waals surface area (Å²) in [4.78, 5) is 22.8. The molecule has 23 heavy (non-hydrogen) atoms. The number of nitrogens with two attached hydrogens (primary N) is 1. The molecule has 0 unspecified atom stereocenters. The van der Waals surface area contributed by atoms with Gasteiger partial charge in [0.1, 0.15) is 12.3 Å². The van der Waals surface area contributed by atoms with Crippen LogP contribution >= 0.6 is 0 Å². The highest BCUT2D eigenvalue weighted by atomic mass is 35.5. The van der Waals surface area contributed by atoms with E-state index in [-0.39, 0.29) is 30.6 Å². The van der Waals surface area contributed by atoms with Crippen LogP contribution in [-0.4, -0.2) is 22.2 Å². The highest BCUT2D eigenvalue weighted by Crippen LogP contribution is 2.27. The number of phenols is 1. The number of rotatable bonds is 5. The molecule has 0 aliphatic carbocycles. The second kappa shape index (κ2) is 7.48. The Labute approximate surface area is 139 Å². The standard InChI is InChI=1S/C16H19NO5.ClH/c1-8(2)14(16(20)21)17-7-11-12(18)5-4-10-9(3)6-13(19)22-15(10)11;/h4-6,8,14,17-18H,7H2,1-3H3,(H,20,21);1H/t14-;/m1./s1. The molecule has 0 aliphatic rings. The molecule has 0 radical (unpaired) electrons. The maximum Gasteiger partial charge on any atom is 0.362 e. The van der Waals surface area contributed by atoms with E-state index in [1.165, 1.54) is 12.1 Å². The zero-order valence-electron chi connectivity index (χ0n) is 13.2. The molecule has 6 nitrogen and oxygen atoms in total. The van der Waals surface area contributed by atoms with Gasteiger partial charge in [-0.15, -0.1) is 0 Å². The Morgan fingerprint density at radius 2 is 2.00 bits per heavy atom. The average molecular weight is 342 g/mol. The molecular formula is C16H20ClNO5. The van der Waals surface area contributed by atoms with Crippen LogP contribution in [0.1, 0.15) is 25.0 Å². The number of aromatic hydroxyl groups is 1. The molecule has 0 saturated heterocycles. The van der Waals surface area contributed by atoms with Crippen LogP contribution in [0.25, 0.3) is 11.0 Å². The van der Waals surface area contributed by atoms with E-state index in [9.17, 15) is 19.8 Å². The Morgan fingerprint density at radius 3 is 2.57 bits per heavy atom. The highest BCUT2D eigenvalue weighted by molar-refractivity contribution is 5.84. The van der Waals surface area contributed by atoms with E-state index < -0.39 is 17.6 Å². The molecule has 7 heteroatoms. The van der Waals surface area contributed by atoms with Gasteiger partial charge in [-0.2, -0.15) is 0 Å². The Kier molecular flexibility index (Phi) is 6.18. The molecule has 4 N–H and O–H groups in total. The Balaban J connectivity index is 0.00000264. The third-order valence-corrected chi connectivity index (χ3v) is 3.78. The van der Waals surface area contributed by atoms with E-state index in [1.54, 1.807) is 18.3 Å². The molecule has 1 atom stereocenters. The number of phenolic OH excluding ortho intramolecular Hbond substituents is 1. The number of aliphatic carboxylic acids is 1.